The largest absolute Gasteiger partial charge is 0.491 e. The fourth-order valence-electron chi connectivity index (χ4n) is 1.09. The molecule has 12 heavy (non-hydrogen) atoms. The summed E-state index contributed by atoms with van der Waals surface area (Å²) in [5.74, 6) is 0.211. The summed E-state index contributed by atoms with van der Waals surface area (Å²) in [5, 5.41) is 9.24. The number of methoxy groups -OCH3 is 1. The highest BCUT2D eigenvalue weighted by Gasteiger charge is 2.08. The van der Waals surface area contributed by atoms with Crippen molar-refractivity contribution in [3.63, 3.8) is 0 Å². The van der Waals surface area contributed by atoms with Gasteiger partial charge >= 0.3 is 0 Å². The van der Waals surface area contributed by atoms with Crippen molar-refractivity contribution >= 4 is 0 Å². The van der Waals surface area contributed by atoms with Gasteiger partial charge in [0.25, 0.3) is 0 Å². The zero-order valence-electron chi connectivity index (χ0n) is 7.07. The fraction of sp³-hybridized carbons (Fsp3) is 0.375. The molecule has 66 valence electrons. The highest BCUT2D eigenvalue weighted by Crippen LogP contribution is 2.11. The van der Waals surface area contributed by atoms with Crippen LogP contribution in [0.4, 0.5) is 0 Å². The lowest BCUT2D eigenvalue weighted by molar-refractivity contribution is 0.170. The van der Waals surface area contributed by atoms with Crippen molar-refractivity contribution in [3.05, 3.63) is 28.2 Å². The number of rotatable bonds is 2. The van der Waals surface area contributed by atoms with Crippen molar-refractivity contribution in [1.29, 1.82) is 0 Å². The van der Waals surface area contributed by atoms with E-state index in [1.54, 1.807) is 0 Å². The lowest BCUT2D eigenvalue weighted by Gasteiger charge is -2.08. The maximum atomic E-state index is 11.1. The first-order valence-electron chi connectivity index (χ1n) is 3.68. The smallest absolute Gasteiger partial charge is 0.223 e. The van der Waals surface area contributed by atoms with Crippen molar-refractivity contribution in [2.45, 2.75) is 13.3 Å². The minimum Gasteiger partial charge on any atom is -0.491 e. The van der Waals surface area contributed by atoms with E-state index in [1.807, 2.05) is 6.92 Å². The van der Waals surface area contributed by atoms with Crippen LogP contribution < -0.4 is 10.2 Å². The van der Waals surface area contributed by atoms with E-state index in [-0.39, 0.29) is 11.2 Å². The van der Waals surface area contributed by atoms with E-state index in [4.69, 9.17) is 4.74 Å². The van der Waals surface area contributed by atoms with Gasteiger partial charge in [-0.05, 0) is 6.42 Å². The Bertz CT molecular complexity index is 330. The maximum Gasteiger partial charge on any atom is 0.223 e. The van der Waals surface area contributed by atoms with E-state index in [9.17, 15) is 10.0 Å². The van der Waals surface area contributed by atoms with Crippen LogP contribution in [0.15, 0.2) is 17.1 Å². The predicted molar refractivity (Wildman–Crippen MR) is 43.8 cm³/mol. The molecular weight excluding hydrogens is 158 g/mol. The fourth-order valence-corrected chi connectivity index (χ4v) is 1.09. The normalized spacial score (nSPS) is 9.83. The molecular formula is C8H11NO3. The minimum atomic E-state index is -0.209. The first-order valence-corrected chi connectivity index (χ1v) is 3.68. The molecule has 1 aromatic heterocycles. The van der Waals surface area contributed by atoms with E-state index < -0.39 is 0 Å². The van der Waals surface area contributed by atoms with E-state index in [1.165, 1.54) is 19.4 Å². The van der Waals surface area contributed by atoms with E-state index in [2.05, 4.69) is 0 Å². The Labute approximate surface area is 70.0 Å². The van der Waals surface area contributed by atoms with E-state index in [0.29, 0.717) is 12.1 Å². The van der Waals surface area contributed by atoms with Gasteiger partial charge in [0.1, 0.15) is 5.69 Å². The molecule has 1 aromatic rings. The molecule has 0 spiro atoms. The number of hydrogen-bond acceptors (Lipinski definition) is 3. The Kier molecular flexibility index (Phi) is 2.38. The van der Waals surface area contributed by atoms with Crippen LogP contribution in [-0.4, -0.2) is 17.0 Å². The lowest BCUT2D eigenvalue weighted by Crippen LogP contribution is -2.13. The molecule has 1 N–H and O–H groups in total. The first-order chi connectivity index (χ1) is 5.70. The summed E-state index contributed by atoms with van der Waals surface area (Å²) in [7, 11) is 1.41. The third-order valence-electron chi connectivity index (χ3n) is 1.67. The summed E-state index contributed by atoms with van der Waals surface area (Å²) >= 11 is 0. The second-order valence-corrected chi connectivity index (χ2v) is 2.36. The average molecular weight is 169 g/mol. The third kappa shape index (κ3) is 1.28. The highest BCUT2D eigenvalue weighted by atomic mass is 16.5. The van der Waals surface area contributed by atoms with Crippen LogP contribution in [0.2, 0.25) is 0 Å². The van der Waals surface area contributed by atoms with Gasteiger partial charge in [0.15, 0.2) is 5.75 Å². The molecule has 1 heterocycles. The first kappa shape index (κ1) is 8.64. The number of nitrogens with zero attached hydrogens (tertiary/aromatic N) is 1. The average Bonchev–Trinajstić information content (AvgIpc) is 2.08. The third-order valence-corrected chi connectivity index (χ3v) is 1.67. The number of pyridine rings is 1. The Balaban J connectivity index is 3.39. The number of aromatic nitrogens is 1. The molecule has 0 saturated carbocycles. The standard InChI is InChI=1S/C8H11NO3/c1-3-6-8(12-2)7(10)4-5-9(6)11/h4-5,11H,3H2,1-2H3. The predicted octanol–water partition coefficient (Wildman–Crippen LogP) is 0.657. The Hall–Kier alpha value is -1.45. The van der Waals surface area contributed by atoms with Crippen LogP contribution in [0, 0.1) is 0 Å². The van der Waals surface area contributed by atoms with Gasteiger partial charge < -0.3 is 9.94 Å². The zero-order chi connectivity index (χ0) is 9.14. The van der Waals surface area contributed by atoms with Crippen LogP contribution in [0.3, 0.4) is 0 Å². The Morgan fingerprint density at radius 2 is 2.33 bits per heavy atom. The van der Waals surface area contributed by atoms with Crippen LogP contribution in [0.25, 0.3) is 0 Å². The minimum absolute atomic E-state index is 0.209. The van der Waals surface area contributed by atoms with Crippen molar-refractivity contribution < 1.29 is 9.94 Å². The molecule has 0 aliphatic rings. The zero-order valence-corrected chi connectivity index (χ0v) is 7.07. The maximum absolute atomic E-state index is 11.1. The summed E-state index contributed by atoms with van der Waals surface area (Å²) in [6.07, 6.45) is 1.86. The topological polar surface area (TPSA) is 51.5 Å². The second kappa shape index (κ2) is 3.30. The van der Waals surface area contributed by atoms with Gasteiger partial charge in [-0.3, -0.25) is 4.79 Å². The summed E-state index contributed by atoms with van der Waals surface area (Å²) in [6, 6.07) is 1.26. The quantitative estimate of drug-likeness (QED) is 0.661. The van der Waals surface area contributed by atoms with Crippen molar-refractivity contribution in [3.8, 4) is 5.75 Å². The molecule has 0 amide bonds. The molecule has 0 bridgehead atoms. The van der Waals surface area contributed by atoms with Gasteiger partial charge in [0.2, 0.25) is 5.43 Å². The summed E-state index contributed by atoms with van der Waals surface area (Å²) in [6.45, 7) is 1.84. The van der Waals surface area contributed by atoms with Gasteiger partial charge in [-0.2, -0.15) is 4.73 Å². The molecule has 0 aliphatic carbocycles. The van der Waals surface area contributed by atoms with Crippen LogP contribution >= 0.6 is 0 Å². The van der Waals surface area contributed by atoms with Crippen molar-refractivity contribution in [2.75, 3.05) is 7.11 Å². The van der Waals surface area contributed by atoms with Gasteiger partial charge in [0, 0.05) is 12.3 Å². The van der Waals surface area contributed by atoms with Crippen LogP contribution in [0.1, 0.15) is 12.6 Å². The molecule has 1 rings (SSSR count). The molecule has 4 nitrogen and oxygen atoms in total. The van der Waals surface area contributed by atoms with Gasteiger partial charge in [0.05, 0.1) is 7.11 Å². The molecule has 0 aromatic carbocycles. The second-order valence-electron chi connectivity index (χ2n) is 2.36. The number of hydrogen-bond donors (Lipinski definition) is 1. The number of ether oxygens (including phenoxy) is 1. The SMILES string of the molecule is CCc1c(OC)c(=O)ccn1O. The van der Waals surface area contributed by atoms with Gasteiger partial charge in [-0.25, -0.2) is 0 Å². The van der Waals surface area contributed by atoms with E-state index in [0.717, 1.165) is 4.73 Å². The van der Waals surface area contributed by atoms with Gasteiger partial charge in [-0.1, -0.05) is 6.92 Å². The monoisotopic (exact) mass is 169 g/mol. The molecule has 0 fully saturated rings. The van der Waals surface area contributed by atoms with E-state index >= 15 is 0 Å². The van der Waals surface area contributed by atoms with Gasteiger partial charge in [-0.15, -0.1) is 0 Å². The molecule has 0 aliphatic heterocycles. The van der Waals surface area contributed by atoms with Crippen LogP contribution in [-0.2, 0) is 6.42 Å². The molecule has 0 radical (unpaired) electrons. The van der Waals surface area contributed by atoms with Crippen molar-refractivity contribution in [2.24, 2.45) is 0 Å². The van der Waals surface area contributed by atoms with Crippen molar-refractivity contribution in [1.82, 2.24) is 4.73 Å². The Morgan fingerprint density at radius 3 is 2.75 bits per heavy atom. The summed E-state index contributed by atoms with van der Waals surface area (Å²) in [5.41, 5.74) is 0.282. The molecule has 0 atom stereocenters. The Morgan fingerprint density at radius 1 is 1.67 bits per heavy atom. The highest BCUT2D eigenvalue weighted by molar-refractivity contribution is 5.27. The summed E-state index contributed by atoms with van der Waals surface area (Å²) in [4.78, 5) is 11.1. The lowest BCUT2D eigenvalue weighted by atomic mass is 10.2. The van der Waals surface area contributed by atoms with Crippen LogP contribution in [0.5, 0.6) is 5.75 Å². The summed E-state index contributed by atoms with van der Waals surface area (Å²) < 4.78 is 5.76. The molecule has 0 unspecified atom stereocenters. The molecule has 4 heteroatoms. The molecule has 0 saturated heterocycles.